The van der Waals surface area contributed by atoms with Gasteiger partial charge in [-0.15, -0.1) is 0 Å². The highest BCUT2D eigenvalue weighted by Gasteiger charge is 2.07. The van der Waals surface area contributed by atoms with E-state index in [0.29, 0.717) is 26.0 Å². The normalized spacial score (nSPS) is 11.7. The lowest BCUT2D eigenvalue weighted by Crippen LogP contribution is -2.27. The largest absolute Gasteiger partial charge is 0.491 e. The van der Waals surface area contributed by atoms with Crippen molar-refractivity contribution in [3.05, 3.63) is 36.5 Å². The van der Waals surface area contributed by atoms with Crippen LogP contribution in [0.15, 0.2) is 36.5 Å². The molecule has 0 saturated heterocycles. The van der Waals surface area contributed by atoms with E-state index in [2.05, 4.69) is 9.71 Å². The van der Waals surface area contributed by atoms with Crippen LogP contribution < -0.4 is 9.46 Å². The average Bonchev–Trinajstić information content (AvgIpc) is 2.47. The first kappa shape index (κ1) is 15.7. The molecule has 0 unspecified atom stereocenters. The van der Waals surface area contributed by atoms with Gasteiger partial charge in [-0.05, 0) is 25.0 Å². The second kappa shape index (κ2) is 7.38. The van der Waals surface area contributed by atoms with E-state index >= 15 is 0 Å². The molecule has 2 aromatic rings. The molecule has 1 aromatic heterocycles. The summed E-state index contributed by atoms with van der Waals surface area (Å²) in [6.45, 7) is 2.68. The van der Waals surface area contributed by atoms with Gasteiger partial charge in [-0.3, -0.25) is 4.98 Å². The molecule has 0 radical (unpaired) electrons. The van der Waals surface area contributed by atoms with Crippen molar-refractivity contribution < 1.29 is 13.2 Å². The summed E-state index contributed by atoms with van der Waals surface area (Å²) >= 11 is 0. The van der Waals surface area contributed by atoms with Crippen molar-refractivity contribution >= 4 is 20.9 Å². The fourth-order valence-electron chi connectivity index (χ4n) is 2.02. The maximum Gasteiger partial charge on any atom is 0.211 e. The van der Waals surface area contributed by atoms with Gasteiger partial charge >= 0.3 is 0 Å². The number of aromatic nitrogens is 1. The van der Waals surface area contributed by atoms with E-state index in [1.165, 1.54) is 0 Å². The van der Waals surface area contributed by atoms with Gasteiger partial charge in [0.2, 0.25) is 10.0 Å². The summed E-state index contributed by atoms with van der Waals surface area (Å²) in [5.74, 6) is 0.894. The zero-order valence-electron chi connectivity index (χ0n) is 12.1. The van der Waals surface area contributed by atoms with E-state index in [4.69, 9.17) is 4.74 Å². The van der Waals surface area contributed by atoms with Gasteiger partial charge in [0.15, 0.2) is 0 Å². The number of ether oxygens (including phenoxy) is 1. The van der Waals surface area contributed by atoms with Crippen LogP contribution in [-0.2, 0) is 10.0 Å². The number of nitrogens with one attached hydrogen (secondary N) is 1. The smallest absolute Gasteiger partial charge is 0.211 e. The van der Waals surface area contributed by atoms with E-state index < -0.39 is 10.0 Å². The van der Waals surface area contributed by atoms with Crippen molar-refractivity contribution in [3.8, 4) is 5.75 Å². The highest BCUT2D eigenvalue weighted by atomic mass is 32.2. The third-order valence-corrected chi connectivity index (χ3v) is 4.56. The lowest BCUT2D eigenvalue weighted by atomic mass is 10.2. The molecule has 114 valence electrons. The molecule has 0 saturated carbocycles. The quantitative estimate of drug-likeness (QED) is 0.760. The summed E-state index contributed by atoms with van der Waals surface area (Å²) in [6.07, 6.45) is 2.97. The second-order valence-electron chi connectivity index (χ2n) is 4.75. The van der Waals surface area contributed by atoms with Crippen LogP contribution in [0.25, 0.3) is 10.9 Å². The van der Waals surface area contributed by atoms with Gasteiger partial charge in [-0.25, -0.2) is 13.1 Å². The average molecular weight is 308 g/mol. The third kappa shape index (κ3) is 4.68. The molecule has 0 spiro atoms. The molecular weight excluding hydrogens is 288 g/mol. The molecule has 0 bridgehead atoms. The molecule has 0 atom stereocenters. The monoisotopic (exact) mass is 308 g/mol. The number of nitrogens with zero attached hydrogens (tertiary/aromatic N) is 1. The molecule has 6 heteroatoms. The number of para-hydroxylation sites is 1. The van der Waals surface area contributed by atoms with Crippen LogP contribution in [0.4, 0.5) is 0 Å². The number of hydrogen-bond acceptors (Lipinski definition) is 4. The highest BCUT2D eigenvalue weighted by molar-refractivity contribution is 7.89. The van der Waals surface area contributed by atoms with Gasteiger partial charge < -0.3 is 4.74 Å². The molecule has 0 fully saturated rings. The van der Waals surface area contributed by atoms with E-state index in [1.54, 1.807) is 6.20 Å². The molecule has 0 aliphatic heterocycles. The summed E-state index contributed by atoms with van der Waals surface area (Å²) in [4.78, 5) is 4.31. The first-order valence-corrected chi connectivity index (χ1v) is 8.71. The van der Waals surface area contributed by atoms with Gasteiger partial charge in [-0.1, -0.05) is 25.1 Å². The number of benzene rings is 1. The number of sulfonamides is 1. The van der Waals surface area contributed by atoms with Crippen molar-refractivity contribution in [2.75, 3.05) is 18.9 Å². The third-order valence-electron chi connectivity index (χ3n) is 2.97. The Morgan fingerprint density at radius 2 is 2.05 bits per heavy atom. The molecule has 5 nitrogen and oxygen atoms in total. The maximum absolute atomic E-state index is 11.5. The molecule has 0 amide bonds. The topological polar surface area (TPSA) is 68.3 Å². The van der Waals surface area contributed by atoms with Crippen molar-refractivity contribution in [2.24, 2.45) is 0 Å². The molecule has 0 aliphatic rings. The number of hydrogen-bond donors (Lipinski definition) is 1. The fourth-order valence-corrected chi connectivity index (χ4v) is 3.15. The Labute approximate surface area is 125 Å². The Bertz CT molecular complexity index is 681. The van der Waals surface area contributed by atoms with Gasteiger partial charge in [-0.2, -0.15) is 0 Å². The summed E-state index contributed by atoms with van der Waals surface area (Å²) in [5.41, 5.74) is 0.826. The number of rotatable bonds is 8. The van der Waals surface area contributed by atoms with E-state index in [0.717, 1.165) is 16.7 Å². The SMILES string of the molecule is CCCS(=O)(=O)NCCCOc1cccc2cccnc12. The van der Waals surface area contributed by atoms with Gasteiger partial charge in [0.25, 0.3) is 0 Å². The standard InChI is InChI=1S/C15H20N2O3S/c1-2-12-21(18,19)17-10-5-11-20-14-8-3-6-13-7-4-9-16-15(13)14/h3-4,6-9,17H,2,5,10-12H2,1H3. The molecule has 0 aliphatic carbocycles. The zero-order valence-corrected chi connectivity index (χ0v) is 12.9. The van der Waals surface area contributed by atoms with Crippen molar-refractivity contribution in [2.45, 2.75) is 19.8 Å². The van der Waals surface area contributed by atoms with Gasteiger partial charge in [0.05, 0.1) is 12.4 Å². The minimum atomic E-state index is -3.13. The van der Waals surface area contributed by atoms with Crippen LogP contribution in [0.1, 0.15) is 19.8 Å². The van der Waals surface area contributed by atoms with E-state index in [9.17, 15) is 8.42 Å². The summed E-state index contributed by atoms with van der Waals surface area (Å²) in [6, 6.07) is 9.64. The Kier molecular flexibility index (Phi) is 5.52. The first-order valence-electron chi connectivity index (χ1n) is 7.06. The van der Waals surface area contributed by atoms with Crippen LogP contribution in [0, 0.1) is 0 Å². The van der Waals surface area contributed by atoms with E-state index in [1.807, 2.05) is 37.3 Å². The molecule has 1 heterocycles. The minimum Gasteiger partial charge on any atom is -0.491 e. The molecule has 1 aromatic carbocycles. The van der Waals surface area contributed by atoms with Crippen LogP contribution >= 0.6 is 0 Å². The molecule has 2 rings (SSSR count). The van der Waals surface area contributed by atoms with Crippen LogP contribution in [0.5, 0.6) is 5.75 Å². The van der Waals surface area contributed by atoms with E-state index in [-0.39, 0.29) is 5.75 Å². The summed E-state index contributed by atoms with van der Waals surface area (Å²) < 4.78 is 31.2. The van der Waals surface area contributed by atoms with Crippen LogP contribution in [-0.4, -0.2) is 32.3 Å². The van der Waals surface area contributed by atoms with Crippen LogP contribution in [0.2, 0.25) is 0 Å². The Hall–Kier alpha value is -1.66. The fraction of sp³-hybridized carbons (Fsp3) is 0.400. The number of pyridine rings is 1. The maximum atomic E-state index is 11.5. The number of fused-ring (bicyclic) bond motifs is 1. The summed E-state index contributed by atoms with van der Waals surface area (Å²) in [7, 11) is -3.13. The van der Waals surface area contributed by atoms with Crippen LogP contribution in [0.3, 0.4) is 0 Å². The van der Waals surface area contributed by atoms with Crippen molar-refractivity contribution in [1.29, 1.82) is 0 Å². The predicted molar refractivity (Wildman–Crippen MR) is 83.9 cm³/mol. The first-order chi connectivity index (χ1) is 10.1. The lowest BCUT2D eigenvalue weighted by Gasteiger charge is -2.09. The van der Waals surface area contributed by atoms with Gasteiger partial charge in [0.1, 0.15) is 11.3 Å². The second-order valence-corrected chi connectivity index (χ2v) is 6.67. The molecule has 21 heavy (non-hydrogen) atoms. The predicted octanol–water partition coefficient (Wildman–Crippen LogP) is 2.33. The molecule has 1 N–H and O–H groups in total. The lowest BCUT2D eigenvalue weighted by molar-refractivity contribution is 0.314. The molecular formula is C15H20N2O3S. The highest BCUT2D eigenvalue weighted by Crippen LogP contribution is 2.22. The minimum absolute atomic E-state index is 0.168. The Morgan fingerprint density at radius 1 is 1.24 bits per heavy atom. The zero-order chi connectivity index (χ0) is 15.1. The van der Waals surface area contributed by atoms with Crippen molar-refractivity contribution in [1.82, 2.24) is 9.71 Å². The Morgan fingerprint density at radius 3 is 2.86 bits per heavy atom. The van der Waals surface area contributed by atoms with Gasteiger partial charge in [0, 0.05) is 18.1 Å². The summed E-state index contributed by atoms with van der Waals surface area (Å²) in [5, 5.41) is 1.03. The van der Waals surface area contributed by atoms with Crippen molar-refractivity contribution in [3.63, 3.8) is 0 Å². The Balaban J connectivity index is 1.83.